The van der Waals surface area contributed by atoms with Crippen LogP contribution in [0.1, 0.15) is 45.7 Å². The third-order valence-corrected chi connectivity index (χ3v) is 7.73. The topological polar surface area (TPSA) is 26.0 Å². The number of fused-ring (bicyclic) bond motifs is 5. The highest BCUT2D eigenvalue weighted by molar-refractivity contribution is 7.17. The lowest BCUT2D eigenvalue weighted by Crippen LogP contribution is -2.12. The Bertz CT molecular complexity index is 1690. The molecule has 3 heteroatoms. The van der Waals surface area contributed by atoms with Crippen molar-refractivity contribution in [2.75, 3.05) is 0 Å². The molecule has 0 saturated heterocycles. The Kier molecular flexibility index (Phi) is 4.82. The second kappa shape index (κ2) is 7.68. The summed E-state index contributed by atoms with van der Waals surface area (Å²) in [6.07, 6.45) is 3.01. The molecule has 0 N–H and O–H groups in total. The summed E-state index contributed by atoms with van der Waals surface area (Å²) in [5.74, 6) is 0.630. The van der Waals surface area contributed by atoms with Crippen LogP contribution in [0, 0.1) is 5.92 Å². The van der Waals surface area contributed by atoms with Crippen molar-refractivity contribution in [1.82, 2.24) is 4.98 Å². The fourth-order valence-electron chi connectivity index (χ4n) is 5.15. The van der Waals surface area contributed by atoms with Gasteiger partial charge in [0, 0.05) is 27.2 Å². The smallest absolute Gasteiger partial charge is 0.161 e. The van der Waals surface area contributed by atoms with Crippen LogP contribution in [0.2, 0.25) is 0 Å². The van der Waals surface area contributed by atoms with Gasteiger partial charge in [-0.1, -0.05) is 58.9 Å². The number of furan rings is 1. The molecule has 34 heavy (non-hydrogen) atoms. The second-order valence-electron chi connectivity index (χ2n) is 10.8. The normalized spacial score (nSPS) is 12.6. The summed E-state index contributed by atoms with van der Waals surface area (Å²) in [7, 11) is 0. The highest BCUT2D eigenvalue weighted by atomic mass is 32.1. The summed E-state index contributed by atoms with van der Waals surface area (Å²) >= 11 is 1.83. The van der Waals surface area contributed by atoms with Gasteiger partial charge in [0.15, 0.2) is 5.58 Å². The Morgan fingerprint density at radius 1 is 0.912 bits per heavy atom. The van der Waals surface area contributed by atoms with Gasteiger partial charge in [-0.3, -0.25) is 4.98 Å². The summed E-state index contributed by atoms with van der Waals surface area (Å²) in [5, 5.41) is 8.46. The van der Waals surface area contributed by atoms with Gasteiger partial charge in [0.1, 0.15) is 11.3 Å². The van der Waals surface area contributed by atoms with E-state index >= 15 is 0 Å². The number of thiophene rings is 1. The molecule has 0 aliphatic carbocycles. The summed E-state index contributed by atoms with van der Waals surface area (Å²) in [4.78, 5) is 4.83. The van der Waals surface area contributed by atoms with Crippen molar-refractivity contribution >= 4 is 54.1 Å². The molecule has 0 aliphatic heterocycles. The molecule has 3 aromatic carbocycles. The zero-order chi connectivity index (χ0) is 23.6. The van der Waals surface area contributed by atoms with Gasteiger partial charge in [0.05, 0.1) is 0 Å². The van der Waals surface area contributed by atoms with Crippen LogP contribution < -0.4 is 0 Å². The van der Waals surface area contributed by atoms with Crippen molar-refractivity contribution < 1.29 is 4.42 Å². The maximum atomic E-state index is 6.56. The maximum absolute atomic E-state index is 6.56. The first-order valence-corrected chi connectivity index (χ1v) is 12.9. The highest BCUT2D eigenvalue weighted by Crippen LogP contribution is 2.41. The minimum Gasteiger partial charge on any atom is -0.454 e. The third-order valence-electron chi connectivity index (χ3n) is 6.73. The first-order valence-electron chi connectivity index (χ1n) is 12.0. The lowest BCUT2D eigenvalue weighted by atomic mass is 9.82. The van der Waals surface area contributed by atoms with Gasteiger partial charge < -0.3 is 4.42 Å². The van der Waals surface area contributed by atoms with E-state index in [1.165, 1.54) is 37.4 Å². The van der Waals surface area contributed by atoms with Crippen LogP contribution in [0.3, 0.4) is 0 Å². The third kappa shape index (κ3) is 3.42. The molecule has 6 aromatic rings. The zero-order valence-electron chi connectivity index (χ0n) is 20.4. The van der Waals surface area contributed by atoms with Gasteiger partial charge in [-0.25, -0.2) is 0 Å². The molecule has 0 saturated carbocycles. The molecule has 0 atom stereocenters. The molecule has 6 rings (SSSR count). The van der Waals surface area contributed by atoms with Crippen LogP contribution in [0.4, 0.5) is 0 Å². The first kappa shape index (κ1) is 21.4. The van der Waals surface area contributed by atoms with Crippen LogP contribution in [0.25, 0.3) is 54.1 Å². The average molecular weight is 464 g/mol. The molecule has 0 unspecified atom stereocenters. The summed E-state index contributed by atoms with van der Waals surface area (Å²) in [6, 6.07) is 19.8. The summed E-state index contributed by atoms with van der Waals surface area (Å²) in [5.41, 5.74) is 6.60. The van der Waals surface area contributed by atoms with E-state index in [9.17, 15) is 0 Å². The molecular weight excluding hydrogens is 434 g/mol. The lowest BCUT2D eigenvalue weighted by Gasteiger charge is -2.22. The van der Waals surface area contributed by atoms with Gasteiger partial charge in [0.25, 0.3) is 0 Å². The SMILES string of the molecule is CC(C)Cc1csc2cc3c(cc12)oc1c(-c2cc(C(C)(C)C)c4ccccc4c2)nccc13. The minimum atomic E-state index is 0.0224. The van der Waals surface area contributed by atoms with E-state index < -0.39 is 0 Å². The summed E-state index contributed by atoms with van der Waals surface area (Å²) < 4.78 is 7.88. The Morgan fingerprint density at radius 2 is 1.74 bits per heavy atom. The Morgan fingerprint density at radius 3 is 2.53 bits per heavy atom. The number of rotatable bonds is 3. The molecule has 2 nitrogen and oxygen atoms in total. The quantitative estimate of drug-likeness (QED) is 0.261. The number of hydrogen-bond acceptors (Lipinski definition) is 3. The molecular formula is C31H29NOS. The van der Waals surface area contributed by atoms with Crippen LogP contribution in [-0.4, -0.2) is 4.98 Å². The standard InChI is InChI=1S/C31H29NOS/c1-18(2)12-21-17-34-28-16-25-23-10-11-32-29(30(23)33-27(25)15-24(21)28)20-13-19-8-6-7-9-22(19)26(14-20)31(3,4)5/h6-11,13-18H,12H2,1-5H3. The van der Waals surface area contributed by atoms with E-state index in [4.69, 9.17) is 9.40 Å². The van der Waals surface area contributed by atoms with Gasteiger partial charge in [-0.15, -0.1) is 11.3 Å². The number of aromatic nitrogens is 1. The Hall–Kier alpha value is -3.17. The van der Waals surface area contributed by atoms with Crippen molar-refractivity contribution in [3.8, 4) is 11.3 Å². The van der Waals surface area contributed by atoms with Crippen LogP contribution in [0.5, 0.6) is 0 Å². The van der Waals surface area contributed by atoms with E-state index in [-0.39, 0.29) is 5.41 Å². The Labute approximate surface area is 204 Å². The van der Waals surface area contributed by atoms with Gasteiger partial charge >= 0.3 is 0 Å². The van der Waals surface area contributed by atoms with E-state index in [2.05, 4.69) is 94.6 Å². The molecule has 0 bridgehead atoms. The fraction of sp³-hybridized carbons (Fsp3) is 0.258. The summed E-state index contributed by atoms with van der Waals surface area (Å²) in [6.45, 7) is 11.4. The molecule has 0 spiro atoms. The van der Waals surface area contributed by atoms with Gasteiger partial charge in [-0.2, -0.15) is 0 Å². The largest absolute Gasteiger partial charge is 0.454 e. The van der Waals surface area contributed by atoms with Gasteiger partial charge in [0.2, 0.25) is 0 Å². The molecule has 0 fully saturated rings. The number of benzene rings is 3. The molecule has 170 valence electrons. The van der Waals surface area contributed by atoms with E-state index in [1.807, 2.05) is 17.5 Å². The molecule has 0 amide bonds. The van der Waals surface area contributed by atoms with Crippen molar-refractivity contribution in [3.05, 3.63) is 77.3 Å². The van der Waals surface area contributed by atoms with Crippen molar-refractivity contribution in [1.29, 1.82) is 0 Å². The van der Waals surface area contributed by atoms with Crippen LogP contribution in [0.15, 0.2) is 70.6 Å². The number of nitrogens with zero attached hydrogens (tertiary/aromatic N) is 1. The highest BCUT2D eigenvalue weighted by Gasteiger charge is 2.21. The fourth-order valence-corrected chi connectivity index (χ4v) is 6.14. The van der Waals surface area contributed by atoms with Crippen molar-refractivity contribution in [3.63, 3.8) is 0 Å². The Balaban J connectivity index is 1.61. The molecule has 3 heterocycles. The van der Waals surface area contributed by atoms with Gasteiger partial charge in [-0.05, 0) is 80.8 Å². The molecule has 0 radical (unpaired) electrons. The van der Waals surface area contributed by atoms with Crippen LogP contribution in [-0.2, 0) is 11.8 Å². The number of hydrogen-bond donors (Lipinski definition) is 0. The first-order chi connectivity index (χ1) is 16.3. The second-order valence-corrected chi connectivity index (χ2v) is 11.7. The average Bonchev–Trinajstić information content (AvgIpc) is 3.36. The maximum Gasteiger partial charge on any atom is 0.161 e. The number of pyridine rings is 1. The zero-order valence-corrected chi connectivity index (χ0v) is 21.2. The van der Waals surface area contributed by atoms with Crippen molar-refractivity contribution in [2.45, 2.75) is 46.5 Å². The molecule has 0 aliphatic rings. The monoisotopic (exact) mass is 463 g/mol. The van der Waals surface area contributed by atoms with E-state index in [0.29, 0.717) is 5.92 Å². The lowest BCUT2D eigenvalue weighted by molar-refractivity contribution is 0.596. The predicted octanol–water partition coefficient (Wildman–Crippen LogP) is 9.51. The molecule has 3 aromatic heterocycles. The van der Waals surface area contributed by atoms with Crippen LogP contribution >= 0.6 is 11.3 Å². The van der Waals surface area contributed by atoms with E-state index in [1.54, 1.807) is 0 Å². The van der Waals surface area contributed by atoms with E-state index in [0.717, 1.165) is 34.2 Å². The predicted molar refractivity (Wildman–Crippen MR) is 147 cm³/mol. The minimum absolute atomic E-state index is 0.0224. The van der Waals surface area contributed by atoms with Crippen molar-refractivity contribution in [2.24, 2.45) is 5.92 Å².